The molecule has 1 unspecified atom stereocenters. The highest BCUT2D eigenvalue weighted by molar-refractivity contribution is 7.07. The maximum Gasteiger partial charge on any atom is 0.0856 e. The lowest BCUT2D eigenvalue weighted by Gasteiger charge is -2.07. The quantitative estimate of drug-likeness (QED) is 0.595. The van der Waals surface area contributed by atoms with Gasteiger partial charge in [0.1, 0.15) is 0 Å². The summed E-state index contributed by atoms with van der Waals surface area (Å²) in [4.78, 5) is 0. The van der Waals surface area contributed by atoms with Gasteiger partial charge in [-0.2, -0.15) is 18.4 Å². The minimum atomic E-state index is 0.510. The summed E-state index contributed by atoms with van der Waals surface area (Å²) in [5.74, 6) is 0. The molecule has 1 aromatic rings. The van der Waals surface area contributed by atoms with Crippen LogP contribution in [0.1, 0.15) is 18.5 Å². The lowest BCUT2D eigenvalue weighted by Crippen LogP contribution is -2.77. The minimum Gasteiger partial charge on any atom is -0.473 e. The Morgan fingerprint density at radius 3 is 3.00 bits per heavy atom. The van der Waals surface area contributed by atoms with E-state index in [1.54, 1.807) is 11.3 Å². The van der Waals surface area contributed by atoms with E-state index in [-0.39, 0.29) is 0 Å². The molecule has 0 saturated carbocycles. The van der Waals surface area contributed by atoms with Gasteiger partial charge in [0.2, 0.25) is 0 Å². The van der Waals surface area contributed by atoms with Crippen molar-refractivity contribution in [1.29, 1.82) is 0 Å². The van der Waals surface area contributed by atoms with Crippen LogP contribution in [0.5, 0.6) is 0 Å². The van der Waals surface area contributed by atoms with Crippen LogP contribution in [0.4, 0.5) is 0 Å². The zero-order valence-corrected chi connectivity index (χ0v) is 6.32. The number of hydrogen-bond donors (Lipinski definition) is 1. The molecular formula is C7H11NS. The summed E-state index contributed by atoms with van der Waals surface area (Å²) in [6.07, 6.45) is 0. The predicted molar refractivity (Wildman–Crippen MR) is 40.0 cm³/mol. The van der Waals surface area contributed by atoms with Crippen molar-refractivity contribution in [3.05, 3.63) is 29.4 Å². The van der Waals surface area contributed by atoms with Gasteiger partial charge in [0.25, 0.3) is 0 Å². The van der Waals surface area contributed by atoms with Gasteiger partial charge in [0.15, 0.2) is 0 Å². The fraction of sp³-hybridized carbons (Fsp3) is 0.286. The first-order chi connectivity index (χ1) is 4.34. The Hall–Kier alpha value is -0.340. The summed E-state index contributed by atoms with van der Waals surface area (Å²) in [6, 6.07) is 2.65. The lowest BCUT2D eigenvalue weighted by atomic mass is 10.2. The van der Waals surface area contributed by atoms with Gasteiger partial charge in [0, 0.05) is 5.56 Å². The average molecular weight is 141 g/mol. The van der Waals surface area contributed by atoms with Crippen molar-refractivity contribution in [2.24, 2.45) is 0 Å². The number of quaternary nitrogens is 1. The molecule has 0 saturated heterocycles. The van der Waals surface area contributed by atoms with Crippen molar-refractivity contribution in [1.82, 2.24) is 0 Å². The van der Waals surface area contributed by atoms with Crippen molar-refractivity contribution >= 4 is 11.3 Å². The van der Waals surface area contributed by atoms with E-state index >= 15 is 0 Å². The third-order valence-corrected chi connectivity index (χ3v) is 2.12. The number of rotatable bonds is 2. The molecule has 1 heterocycles. The highest BCUT2D eigenvalue weighted by Gasteiger charge is 2.00. The van der Waals surface area contributed by atoms with Gasteiger partial charge in [-0.05, 0) is 23.8 Å². The second kappa shape index (κ2) is 2.99. The number of nitrogens with two attached hydrogens (primary N) is 1. The van der Waals surface area contributed by atoms with Gasteiger partial charge in [-0.3, -0.25) is 0 Å². The van der Waals surface area contributed by atoms with Crippen LogP contribution in [0.2, 0.25) is 0 Å². The summed E-state index contributed by atoms with van der Waals surface area (Å²) >= 11 is 1.74. The zero-order valence-electron chi connectivity index (χ0n) is 5.50. The van der Waals surface area contributed by atoms with Crippen LogP contribution in [-0.4, -0.2) is 0 Å². The maximum absolute atomic E-state index is 3.72. The summed E-state index contributed by atoms with van der Waals surface area (Å²) in [5, 5.41) is 6.21. The molecule has 1 rings (SSSR count). The smallest absolute Gasteiger partial charge is 0.0856 e. The van der Waals surface area contributed by atoms with E-state index in [4.69, 9.17) is 0 Å². The average Bonchev–Trinajstić information content (AvgIpc) is 2.37. The fourth-order valence-electron chi connectivity index (χ4n) is 0.670. The Morgan fingerprint density at radius 1 is 1.78 bits per heavy atom. The third kappa shape index (κ3) is 1.53. The second-order valence-corrected chi connectivity index (χ2v) is 2.86. The van der Waals surface area contributed by atoms with Gasteiger partial charge in [-0.15, -0.1) is 0 Å². The van der Waals surface area contributed by atoms with Crippen molar-refractivity contribution in [3.63, 3.8) is 0 Å². The molecule has 0 aromatic carbocycles. The number of hydrogen-bond acceptors (Lipinski definition) is 1. The molecule has 0 aliphatic heterocycles. The van der Waals surface area contributed by atoms with Gasteiger partial charge in [-0.25, -0.2) is 0 Å². The molecule has 1 atom stereocenters. The topological polar surface area (TPSA) is 16.6 Å². The van der Waals surface area contributed by atoms with E-state index in [1.807, 2.05) is 5.32 Å². The van der Waals surface area contributed by atoms with Gasteiger partial charge >= 0.3 is 0 Å². The standard InChI is InChI=1S/C7H11NS/c1-6(8-2)7-3-4-9-5-7/h3-6H,2,8H2,1H3. The van der Waals surface area contributed by atoms with E-state index < -0.39 is 0 Å². The monoisotopic (exact) mass is 141 g/mol. The van der Waals surface area contributed by atoms with Crippen molar-refractivity contribution in [2.45, 2.75) is 13.0 Å². The summed E-state index contributed by atoms with van der Waals surface area (Å²) in [5.41, 5.74) is 1.37. The fourth-order valence-corrected chi connectivity index (χ4v) is 1.43. The molecule has 1 aromatic heterocycles. The maximum atomic E-state index is 3.72. The van der Waals surface area contributed by atoms with Crippen LogP contribution < -0.4 is 5.32 Å². The summed E-state index contributed by atoms with van der Waals surface area (Å²) in [7, 11) is 3.72. The molecule has 50 valence electrons. The highest BCUT2D eigenvalue weighted by Crippen LogP contribution is 2.11. The Balaban J connectivity index is 2.65. The first-order valence-corrected chi connectivity index (χ1v) is 3.93. The van der Waals surface area contributed by atoms with E-state index in [0.29, 0.717) is 6.04 Å². The molecular weight excluding hydrogens is 130 g/mol. The molecule has 2 heteroatoms. The molecule has 0 bridgehead atoms. The summed E-state index contributed by atoms with van der Waals surface area (Å²) in [6.45, 7) is 2.15. The van der Waals surface area contributed by atoms with Crippen LogP contribution in [-0.2, 0) is 0 Å². The Labute approximate surface area is 59.7 Å². The van der Waals surface area contributed by atoms with Crippen molar-refractivity contribution in [3.8, 4) is 0 Å². The van der Waals surface area contributed by atoms with Gasteiger partial charge < -0.3 is 5.32 Å². The van der Waals surface area contributed by atoms with Gasteiger partial charge in [-0.1, -0.05) is 0 Å². The van der Waals surface area contributed by atoms with E-state index in [0.717, 1.165) is 0 Å². The van der Waals surface area contributed by atoms with Crippen molar-refractivity contribution < 1.29 is 5.32 Å². The van der Waals surface area contributed by atoms with E-state index in [9.17, 15) is 0 Å². The molecule has 9 heavy (non-hydrogen) atoms. The molecule has 0 spiro atoms. The normalized spacial score (nSPS) is 13.6. The second-order valence-electron chi connectivity index (χ2n) is 2.08. The SMILES string of the molecule is [CH2-][NH2+]C(C)c1ccsc1. The van der Waals surface area contributed by atoms with Crippen LogP contribution >= 0.6 is 11.3 Å². The predicted octanol–water partition coefficient (Wildman–Crippen LogP) is 1.16. The molecule has 1 nitrogen and oxygen atoms in total. The van der Waals surface area contributed by atoms with E-state index in [1.165, 1.54) is 5.56 Å². The Morgan fingerprint density at radius 2 is 2.56 bits per heavy atom. The van der Waals surface area contributed by atoms with Crippen LogP contribution in [0.15, 0.2) is 16.8 Å². The first kappa shape index (κ1) is 6.78. The van der Waals surface area contributed by atoms with E-state index in [2.05, 4.69) is 30.8 Å². The molecule has 0 amide bonds. The Bertz CT molecular complexity index is 157. The molecule has 0 radical (unpaired) electrons. The van der Waals surface area contributed by atoms with Crippen LogP contribution in [0.3, 0.4) is 0 Å². The largest absolute Gasteiger partial charge is 0.473 e. The van der Waals surface area contributed by atoms with Gasteiger partial charge in [0.05, 0.1) is 6.04 Å². The van der Waals surface area contributed by atoms with Crippen LogP contribution in [0.25, 0.3) is 0 Å². The Kier molecular flexibility index (Phi) is 2.25. The highest BCUT2D eigenvalue weighted by atomic mass is 32.1. The molecule has 0 fully saturated rings. The van der Waals surface area contributed by atoms with Crippen LogP contribution in [0, 0.1) is 7.05 Å². The molecule has 0 aliphatic carbocycles. The summed E-state index contributed by atoms with van der Waals surface area (Å²) < 4.78 is 0. The first-order valence-electron chi connectivity index (χ1n) is 2.99. The third-order valence-electron chi connectivity index (χ3n) is 1.42. The molecule has 0 aliphatic rings. The minimum absolute atomic E-state index is 0.510. The van der Waals surface area contributed by atoms with Crippen molar-refractivity contribution in [2.75, 3.05) is 0 Å². The zero-order chi connectivity index (χ0) is 6.69. The number of thiophene rings is 1. The lowest BCUT2D eigenvalue weighted by molar-refractivity contribution is -0.636. The molecule has 2 N–H and O–H groups in total.